The number of esters is 1. The molecule has 0 aliphatic carbocycles. The molecule has 4 rings (SSSR count). The van der Waals surface area contributed by atoms with Gasteiger partial charge in [0.1, 0.15) is 5.58 Å². The molecule has 3 atom stereocenters. The summed E-state index contributed by atoms with van der Waals surface area (Å²) in [6, 6.07) is 16.5. The van der Waals surface area contributed by atoms with E-state index in [-0.39, 0.29) is 36.7 Å². The number of para-hydroxylation sites is 1. The smallest absolute Gasteiger partial charge is 0.374 e. The van der Waals surface area contributed by atoms with E-state index in [0.717, 1.165) is 16.5 Å². The Balaban J connectivity index is 0.00000240. The Morgan fingerprint density at radius 2 is 1.83 bits per heavy atom. The number of nitrogens with two attached hydrogens (primary N) is 1. The molecular weight excluding hydrogens is 392 g/mol. The summed E-state index contributed by atoms with van der Waals surface area (Å²) in [4.78, 5) is 24.7. The van der Waals surface area contributed by atoms with Crippen LogP contribution in [0, 0.1) is 0 Å². The van der Waals surface area contributed by atoms with Crippen LogP contribution in [-0.2, 0) is 9.53 Å². The van der Waals surface area contributed by atoms with E-state index in [1.54, 1.807) is 6.92 Å². The molecule has 1 amide bonds. The third-order valence-electron chi connectivity index (χ3n) is 5.25. The summed E-state index contributed by atoms with van der Waals surface area (Å²) in [5.74, 6) is -0.832. The van der Waals surface area contributed by atoms with Crippen molar-refractivity contribution in [2.75, 3.05) is 6.61 Å². The Morgan fingerprint density at radius 3 is 2.52 bits per heavy atom. The number of rotatable bonds is 5. The molecule has 1 aliphatic heterocycles. The van der Waals surface area contributed by atoms with Crippen LogP contribution in [-0.4, -0.2) is 24.5 Å². The zero-order valence-electron chi connectivity index (χ0n) is 16.0. The Labute approximate surface area is 174 Å². The maximum Gasteiger partial charge on any atom is 0.374 e. The molecule has 0 bridgehead atoms. The lowest BCUT2D eigenvalue weighted by Gasteiger charge is -2.16. The quantitative estimate of drug-likeness (QED) is 0.620. The molecule has 1 unspecified atom stereocenters. The number of primary amides is 1. The van der Waals surface area contributed by atoms with E-state index in [9.17, 15) is 9.59 Å². The molecule has 1 fully saturated rings. The van der Waals surface area contributed by atoms with E-state index in [1.165, 1.54) is 0 Å². The number of nitrogens with one attached hydrogen (secondary N) is 1. The van der Waals surface area contributed by atoms with Gasteiger partial charge in [0.05, 0.1) is 12.6 Å². The van der Waals surface area contributed by atoms with Crippen LogP contribution in [0.25, 0.3) is 11.0 Å². The highest BCUT2D eigenvalue weighted by molar-refractivity contribution is 5.96. The van der Waals surface area contributed by atoms with Crippen LogP contribution in [0.4, 0.5) is 0 Å². The number of carbonyl (C=O) groups excluding carboxylic acids is 2. The lowest BCUT2D eigenvalue weighted by molar-refractivity contribution is -0.120. The maximum absolute atomic E-state index is 12.5. The highest BCUT2D eigenvalue weighted by atomic mass is 35.5. The van der Waals surface area contributed by atoms with E-state index in [0.29, 0.717) is 12.0 Å². The number of hydrogen-bond donors (Lipinski definition) is 2. The van der Waals surface area contributed by atoms with Crippen LogP contribution in [0.15, 0.2) is 59.0 Å². The summed E-state index contributed by atoms with van der Waals surface area (Å²) >= 11 is 0. The molecule has 152 valence electrons. The fourth-order valence-electron chi connectivity index (χ4n) is 4.06. The minimum Gasteiger partial charge on any atom is -0.460 e. The Bertz CT molecular complexity index is 1020. The van der Waals surface area contributed by atoms with Crippen LogP contribution >= 0.6 is 12.4 Å². The van der Waals surface area contributed by atoms with Crippen LogP contribution in [0.3, 0.4) is 0 Å². The van der Waals surface area contributed by atoms with Crippen molar-refractivity contribution in [2.24, 2.45) is 5.73 Å². The third kappa shape index (κ3) is 3.86. The van der Waals surface area contributed by atoms with Gasteiger partial charge in [0, 0.05) is 22.9 Å². The molecule has 3 aromatic rings. The van der Waals surface area contributed by atoms with Crippen molar-refractivity contribution in [1.82, 2.24) is 5.32 Å². The maximum atomic E-state index is 12.5. The van der Waals surface area contributed by atoms with Gasteiger partial charge in [-0.25, -0.2) is 4.79 Å². The molecule has 1 aliphatic rings. The summed E-state index contributed by atoms with van der Waals surface area (Å²) in [6.07, 6.45) is 0.619. The number of furan rings is 1. The van der Waals surface area contributed by atoms with Gasteiger partial charge in [-0.3, -0.25) is 10.1 Å². The minimum atomic E-state index is -0.531. The second kappa shape index (κ2) is 8.68. The molecule has 1 aromatic heterocycles. The first-order chi connectivity index (χ1) is 13.6. The number of halogens is 1. The van der Waals surface area contributed by atoms with Gasteiger partial charge in [-0.05, 0) is 25.0 Å². The summed E-state index contributed by atoms with van der Waals surface area (Å²) < 4.78 is 11.0. The molecule has 6 nitrogen and oxygen atoms in total. The van der Waals surface area contributed by atoms with Gasteiger partial charge in [-0.15, -0.1) is 12.4 Å². The van der Waals surface area contributed by atoms with E-state index in [4.69, 9.17) is 14.9 Å². The molecule has 0 spiro atoms. The van der Waals surface area contributed by atoms with E-state index in [1.807, 2.05) is 54.6 Å². The molecule has 3 N–H and O–H groups in total. The molecule has 1 saturated heterocycles. The van der Waals surface area contributed by atoms with Crippen molar-refractivity contribution in [3.63, 3.8) is 0 Å². The highest BCUT2D eigenvalue weighted by Gasteiger charge is 2.41. The first kappa shape index (κ1) is 20.9. The third-order valence-corrected chi connectivity index (χ3v) is 5.25. The lowest BCUT2D eigenvalue weighted by atomic mass is 9.89. The van der Waals surface area contributed by atoms with Gasteiger partial charge in [-0.1, -0.05) is 48.5 Å². The summed E-state index contributed by atoms with van der Waals surface area (Å²) in [6.45, 7) is 2.01. The molecule has 0 radical (unpaired) electrons. The Kier molecular flexibility index (Phi) is 6.25. The molecule has 0 saturated carbocycles. The number of fused-ring (bicyclic) bond motifs is 1. The summed E-state index contributed by atoms with van der Waals surface area (Å²) in [5.41, 5.74) is 8.05. The van der Waals surface area contributed by atoms with E-state index >= 15 is 0 Å². The van der Waals surface area contributed by atoms with Crippen molar-refractivity contribution in [2.45, 2.75) is 31.3 Å². The minimum absolute atomic E-state index is 0. The molecule has 2 heterocycles. The molecule has 2 aromatic carbocycles. The van der Waals surface area contributed by atoms with Crippen molar-refractivity contribution < 1.29 is 18.7 Å². The highest BCUT2D eigenvalue weighted by Crippen LogP contribution is 2.42. The summed E-state index contributed by atoms with van der Waals surface area (Å²) in [5, 5.41) is 4.16. The average molecular weight is 415 g/mol. The molecule has 29 heavy (non-hydrogen) atoms. The Hall–Kier alpha value is -2.83. The van der Waals surface area contributed by atoms with Gasteiger partial charge in [0.2, 0.25) is 11.7 Å². The zero-order chi connectivity index (χ0) is 19.7. The monoisotopic (exact) mass is 414 g/mol. The first-order valence-electron chi connectivity index (χ1n) is 9.39. The topological polar surface area (TPSA) is 94.6 Å². The largest absolute Gasteiger partial charge is 0.460 e. The van der Waals surface area contributed by atoms with Crippen molar-refractivity contribution >= 4 is 35.3 Å². The van der Waals surface area contributed by atoms with Gasteiger partial charge < -0.3 is 14.9 Å². The SMILES string of the molecule is CCOC(=O)c1oc2ccccc2c1C1C[C@H](c2ccccc2)[C@@H](C(N)=O)N1.Cl. The summed E-state index contributed by atoms with van der Waals surface area (Å²) in [7, 11) is 0. The normalized spacial score (nSPS) is 20.9. The average Bonchev–Trinajstić information content (AvgIpc) is 3.30. The van der Waals surface area contributed by atoms with E-state index in [2.05, 4.69) is 5.32 Å². The second-order valence-electron chi connectivity index (χ2n) is 6.91. The van der Waals surface area contributed by atoms with Gasteiger partial charge in [0.15, 0.2) is 0 Å². The second-order valence-corrected chi connectivity index (χ2v) is 6.91. The molecular formula is C22H23ClN2O4. The van der Waals surface area contributed by atoms with Gasteiger partial charge in [0.25, 0.3) is 0 Å². The fraction of sp³-hybridized carbons (Fsp3) is 0.273. The number of ether oxygens (including phenoxy) is 1. The standard InChI is InChI=1S/C22H22N2O4.ClH/c1-2-27-22(26)20-18(14-10-6-7-11-17(14)28-20)16-12-15(19(24-16)21(23)25)13-8-4-3-5-9-13;/h3-11,15-16,19,24H,2,12H2,1H3,(H2,23,25);1H/t15-,16?,19+;/m1./s1. The van der Waals surface area contributed by atoms with Crippen LogP contribution in [0.5, 0.6) is 0 Å². The van der Waals surface area contributed by atoms with Gasteiger partial charge >= 0.3 is 5.97 Å². The predicted molar refractivity (Wildman–Crippen MR) is 112 cm³/mol. The fourth-order valence-corrected chi connectivity index (χ4v) is 4.06. The number of benzene rings is 2. The number of carbonyl (C=O) groups is 2. The van der Waals surface area contributed by atoms with Gasteiger partial charge in [-0.2, -0.15) is 0 Å². The van der Waals surface area contributed by atoms with Crippen molar-refractivity contribution in [3.05, 3.63) is 71.5 Å². The van der Waals surface area contributed by atoms with Crippen LogP contribution < -0.4 is 11.1 Å². The lowest BCUT2D eigenvalue weighted by Crippen LogP contribution is -2.40. The zero-order valence-corrected chi connectivity index (χ0v) is 16.8. The first-order valence-corrected chi connectivity index (χ1v) is 9.39. The number of amides is 1. The predicted octanol–water partition coefficient (Wildman–Crippen LogP) is 3.70. The Morgan fingerprint density at radius 1 is 1.14 bits per heavy atom. The van der Waals surface area contributed by atoms with Crippen molar-refractivity contribution in [1.29, 1.82) is 0 Å². The molecule has 7 heteroatoms. The van der Waals surface area contributed by atoms with Crippen LogP contribution in [0.2, 0.25) is 0 Å². The number of hydrogen-bond acceptors (Lipinski definition) is 5. The van der Waals surface area contributed by atoms with Crippen LogP contribution in [0.1, 0.15) is 47.0 Å². The van der Waals surface area contributed by atoms with E-state index < -0.39 is 17.9 Å². The van der Waals surface area contributed by atoms with Crippen molar-refractivity contribution in [3.8, 4) is 0 Å².